The molecule has 70 heavy (non-hydrogen) atoms. The summed E-state index contributed by atoms with van der Waals surface area (Å²) in [6.45, 7) is 1.88. The van der Waals surface area contributed by atoms with E-state index < -0.39 is 39.6 Å². The van der Waals surface area contributed by atoms with E-state index in [2.05, 4.69) is 9.37 Å². The van der Waals surface area contributed by atoms with E-state index in [-0.39, 0.29) is 36.8 Å². The van der Waals surface area contributed by atoms with Crippen LogP contribution in [0.25, 0.3) is 0 Å². The van der Waals surface area contributed by atoms with Crippen LogP contribution in [-0.2, 0) is 39.2 Å². The lowest BCUT2D eigenvalue weighted by Crippen LogP contribution is -2.07. The number of benzene rings is 8. The number of methoxy groups -OCH3 is 1. The van der Waals surface area contributed by atoms with Gasteiger partial charge < -0.3 is 28.4 Å². The Morgan fingerprint density at radius 2 is 0.729 bits per heavy atom. The minimum atomic E-state index is -5.02. The first-order valence-corrected chi connectivity index (χ1v) is 25.6. The molecule has 0 aliphatic carbocycles. The van der Waals surface area contributed by atoms with Gasteiger partial charge >= 0.3 is 0 Å². The molecule has 0 atom stereocenters. The van der Waals surface area contributed by atoms with E-state index in [9.17, 15) is 29.8 Å². The van der Waals surface area contributed by atoms with Gasteiger partial charge in [0.05, 0.1) is 43.6 Å². The first kappa shape index (κ1) is 49.0. The number of rotatable bonds is 19. The first-order valence-electron chi connectivity index (χ1n) is 20.5. The van der Waals surface area contributed by atoms with Crippen LogP contribution in [0, 0.1) is 6.92 Å². The molecule has 0 heterocycles. The van der Waals surface area contributed by atoms with E-state index in [0.717, 1.165) is 29.8 Å². The lowest BCUT2D eigenvalue weighted by molar-refractivity contribution is -0.432. The Morgan fingerprint density at radius 1 is 0.400 bits per heavy atom. The molecule has 2 N–H and O–H groups in total. The Morgan fingerprint density at radius 3 is 1.14 bits per heavy atom. The molecule has 0 fully saturated rings. The lowest BCUT2D eigenvalue weighted by atomic mass is 10.2. The summed E-state index contributed by atoms with van der Waals surface area (Å²) in [5.74, 6) is 3.63. The van der Waals surface area contributed by atoms with E-state index in [4.69, 9.17) is 33.7 Å². The molecule has 8 rings (SSSR count). The van der Waals surface area contributed by atoms with E-state index in [1.165, 1.54) is 36.4 Å². The largest absolute Gasteiger partial charge is 0.497 e. The third-order valence-electron chi connectivity index (χ3n) is 10.0. The van der Waals surface area contributed by atoms with Gasteiger partial charge in [-0.3, -0.25) is 4.55 Å². The Labute approximate surface area is 406 Å². The average Bonchev–Trinajstić information content (AvgIpc) is 3.35. The highest BCUT2D eigenvalue weighted by Gasteiger charge is 2.26. The molecule has 0 aliphatic rings. The van der Waals surface area contributed by atoms with Crippen LogP contribution in [-0.4, -0.2) is 42.2 Å². The summed E-state index contributed by atoms with van der Waals surface area (Å²) in [5.41, 5.74) is 0.955. The molecule has 0 radical (unpaired) electrons. The maximum Gasteiger partial charge on any atom is 0.298 e. The van der Waals surface area contributed by atoms with Crippen molar-refractivity contribution in [3.8, 4) is 63.2 Å². The molecule has 8 aromatic carbocycles. The second kappa shape index (κ2) is 21.1. The van der Waals surface area contributed by atoms with Gasteiger partial charge in [-0.2, -0.15) is 8.42 Å². The molecule has 16 nitrogen and oxygen atoms in total. The Kier molecular flexibility index (Phi) is 14.8. The normalized spacial score (nSPS) is 11.7. The Bertz CT molecular complexity index is 3440. The number of ether oxygens (including phenoxy) is 6. The van der Waals surface area contributed by atoms with Gasteiger partial charge in [0.2, 0.25) is 19.7 Å². The van der Waals surface area contributed by atoms with Crippen molar-refractivity contribution in [1.82, 2.24) is 0 Å². The van der Waals surface area contributed by atoms with Crippen LogP contribution in [0.4, 0.5) is 0 Å². The molecule has 0 saturated heterocycles. The van der Waals surface area contributed by atoms with Gasteiger partial charge in [0, 0.05) is 0 Å². The third kappa shape index (κ3) is 11.9. The van der Waals surface area contributed by atoms with E-state index in [0.29, 0.717) is 58.0 Å². The van der Waals surface area contributed by atoms with E-state index in [1.54, 1.807) is 128 Å². The second-order valence-electron chi connectivity index (χ2n) is 14.8. The summed E-state index contributed by atoms with van der Waals surface area (Å²) < 4.78 is 128. The smallest absolute Gasteiger partial charge is 0.298 e. The zero-order chi connectivity index (χ0) is 49.5. The quantitative estimate of drug-likeness (QED) is 0.0333. The van der Waals surface area contributed by atoms with Crippen LogP contribution in [0.1, 0.15) is 5.56 Å². The highest BCUT2D eigenvalue weighted by atomic mass is 32.2. The molecule has 0 saturated carbocycles. The molecular formula is C50H38O16S4. The van der Waals surface area contributed by atoms with Crippen LogP contribution in [0.2, 0.25) is 0 Å². The Hall–Kier alpha value is -7.40. The van der Waals surface area contributed by atoms with E-state index >= 15 is 0 Å². The number of aryl methyl sites for hydroxylation is 1. The van der Waals surface area contributed by atoms with Crippen LogP contribution in [0.5, 0.6) is 63.2 Å². The van der Waals surface area contributed by atoms with Crippen LogP contribution in [0.3, 0.4) is 0 Å². The number of sulfone groups is 2. The fourth-order valence-corrected chi connectivity index (χ4v) is 10.3. The topological polar surface area (TPSA) is 217 Å². The predicted octanol–water partition coefficient (Wildman–Crippen LogP) is 12.3. The highest BCUT2D eigenvalue weighted by Crippen LogP contribution is 2.39. The first-order chi connectivity index (χ1) is 33.6. The van der Waals surface area contributed by atoms with Gasteiger partial charge in [-0.15, -0.1) is 4.33 Å². The van der Waals surface area contributed by atoms with Crippen molar-refractivity contribution >= 4 is 41.8 Å². The van der Waals surface area contributed by atoms with Gasteiger partial charge in [0.1, 0.15) is 68.1 Å². The van der Waals surface area contributed by atoms with Crippen molar-refractivity contribution < 1.29 is 72.9 Å². The molecule has 0 bridgehead atoms. The van der Waals surface area contributed by atoms with Crippen molar-refractivity contribution in [3.63, 3.8) is 0 Å². The monoisotopic (exact) mass is 1020 g/mol. The molecule has 0 amide bonds. The van der Waals surface area contributed by atoms with Crippen LogP contribution < -0.4 is 28.4 Å². The van der Waals surface area contributed by atoms with Gasteiger partial charge in [-0.05, 0) is 177 Å². The summed E-state index contributed by atoms with van der Waals surface area (Å²) in [5, 5.41) is 12.7. The van der Waals surface area contributed by atoms with E-state index in [1.807, 2.05) is 6.92 Å². The van der Waals surface area contributed by atoms with Gasteiger partial charge in [0.15, 0.2) is 0 Å². The summed E-state index contributed by atoms with van der Waals surface area (Å²) in [6, 6.07) is 45.6. The maximum absolute atomic E-state index is 13.9. The summed E-state index contributed by atoms with van der Waals surface area (Å²) in [4.78, 5) is -1.29. The average molecular weight is 1020 g/mol. The maximum atomic E-state index is 13.9. The molecule has 0 aromatic heterocycles. The van der Waals surface area contributed by atoms with Crippen LogP contribution >= 0.6 is 12.0 Å². The summed E-state index contributed by atoms with van der Waals surface area (Å²) >= 11 is 0.422. The van der Waals surface area contributed by atoms with Crippen molar-refractivity contribution in [2.75, 3.05) is 7.11 Å². The lowest BCUT2D eigenvalue weighted by Gasteiger charge is -2.14. The fourth-order valence-electron chi connectivity index (χ4n) is 6.51. The molecule has 0 spiro atoms. The van der Waals surface area contributed by atoms with Crippen LogP contribution in [0.15, 0.2) is 211 Å². The van der Waals surface area contributed by atoms with Gasteiger partial charge in [0.25, 0.3) is 10.1 Å². The van der Waals surface area contributed by atoms with Crippen molar-refractivity contribution in [1.29, 1.82) is 0 Å². The van der Waals surface area contributed by atoms with Crippen molar-refractivity contribution in [2.24, 2.45) is 0 Å². The van der Waals surface area contributed by atoms with Crippen molar-refractivity contribution in [3.05, 3.63) is 188 Å². The number of hydrogen-bond donors (Lipinski definition) is 2. The summed E-state index contributed by atoms with van der Waals surface area (Å²) in [7, 11) is -11.6. The standard InChI is InChI=1S/C50H38O16S4/c1-33-3-23-43(24-4-33)68(52,53)44-25-21-40(22-26-44)62-37-11-9-36(10-12-37)61-38-13-17-41(18-14-38)63-47-29-27-45(31-49(47)67-66-65-51)69(54,55)46-28-30-48(50(32-46)70(56,57)58)64-42-19-15-39(16-20-42)60-35-7-5-34(59-2)6-8-35/h3-32,51H,1-2H3,(H,56,57,58). The zero-order valence-corrected chi connectivity index (χ0v) is 39.8. The SMILES string of the molecule is COc1ccc(Oc2ccc(Oc3ccc(S(=O)(=O)c4ccc(Oc5ccc(Oc6ccc(Oc7ccc(S(=O)(=O)c8ccc(C)cc8)cc7)cc6)cc5)c(SOOO)c4)cc3S(=O)(=O)O)cc2)cc1. The highest BCUT2D eigenvalue weighted by molar-refractivity contribution is 7.95. The molecular weight excluding hydrogens is 985 g/mol. The summed E-state index contributed by atoms with van der Waals surface area (Å²) in [6.07, 6.45) is 0. The molecule has 8 aromatic rings. The molecule has 358 valence electrons. The minimum Gasteiger partial charge on any atom is -0.497 e. The predicted molar refractivity (Wildman–Crippen MR) is 255 cm³/mol. The fraction of sp³-hybridized carbons (Fsp3) is 0.0400. The van der Waals surface area contributed by atoms with Crippen molar-refractivity contribution in [2.45, 2.75) is 36.3 Å². The number of hydrogen-bond acceptors (Lipinski definition) is 16. The molecule has 0 aliphatic heterocycles. The third-order valence-corrected chi connectivity index (χ3v) is 15.1. The van der Waals surface area contributed by atoms with Gasteiger partial charge in [-0.25, -0.2) is 22.1 Å². The zero-order valence-electron chi connectivity index (χ0n) is 36.6. The Balaban J connectivity index is 0.912. The molecule has 0 unspecified atom stereocenters. The molecule has 20 heteroatoms. The second-order valence-corrected chi connectivity index (χ2v) is 20.8. The van der Waals surface area contributed by atoms with Gasteiger partial charge in [-0.1, -0.05) is 22.7 Å². The minimum absolute atomic E-state index is 0.0235.